The first kappa shape index (κ1) is 19.7. The third-order valence-corrected chi connectivity index (χ3v) is 3.59. The third-order valence-electron chi connectivity index (χ3n) is 3.48. The van der Waals surface area contributed by atoms with Crippen molar-refractivity contribution in [1.82, 2.24) is 0 Å². The normalized spacial score (nSPS) is 10.1. The lowest BCUT2D eigenvalue weighted by molar-refractivity contribution is 0.189. The smallest absolute Gasteiger partial charge is 0.419 e. The molecule has 0 radical (unpaired) electrons. The molecule has 2 aromatic carbocycles. The second-order valence-corrected chi connectivity index (χ2v) is 6.03. The maximum Gasteiger partial charge on any atom is 0.419 e. The Labute approximate surface area is 158 Å². The minimum atomic E-state index is -0.497. The topological polar surface area (TPSA) is 60.0 Å². The van der Waals surface area contributed by atoms with Gasteiger partial charge in [0, 0.05) is 24.6 Å². The van der Waals surface area contributed by atoms with Crippen molar-refractivity contribution in [2.45, 2.75) is 6.92 Å². The van der Waals surface area contributed by atoms with Crippen molar-refractivity contribution in [1.29, 1.82) is 0 Å². The number of benzene rings is 2. The monoisotopic (exact) mass is 374 g/mol. The van der Waals surface area contributed by atoms with Gasteiger partial charge in [-0.25, -0.2) is 4.79 Å². The van der Waals surface area contributed by atoms with Crippen molar-refractivity contribution in [2.75, 3.05) is 37.6 Å². The number of carbonyl (C=O) groups excluding carboxylic acids is 1. The molecule has 1 amide bonds. The average molecular weight is 374 g/mol. The molecule has 0 saturated heterocycles. The number of rotatable bonds is 7. The van der Waals surface area contributed by atoms with Gasteiger partial charge in [0.1, 0.15) is 11.5 Å². The number of methoxy groups -OCH3 is 2. The van der Waals surface area contributed by atoms with Crippen LogP contribution in [0, 0.1) is 0 Å². The van der Waals surface area contributed by atoms with Crippen LogP contribution in [0.4, 0.5) is 16.2 Å². The maximum atomic E-state index is 12.7. The Kier molecular flexibility index (Phi) is 7.37. The summed E-state index contributed by atoms with van der Waals surface area (Å²) >= 11 is 5.03. The fourth-order valence-electron chi connectivity index (χ4n) is 2.27. The van der Waals surface area contributed by atoms with E-state index in [0.29, 0.717) is 35.3 Å². The molecular formula is C19H22N2O4S. The molecule has 0 spiro atoms. The van der Waals surface area contributed by atoms with Crippen molar-refractivity contribution >= 4 is 34.7 Å². The molecule has 6 nitrogen and oxygen atoms in total. The summed E-state index contributed by atoms with van der Waals surface area (Å²) in [5.41, 5.74) is 1.45. The highest BCUT2D eigenvalue weighted by Gasteiger charge is 2.18. The van der Waals surface area contributed by atoms with Crippen LogP contribution in [0.2, 0.25) is 0 Å². The van der Waals surface area contributed by atoms with E-state index in [9.17, 15) is 4.79 Å². The average Bonchev–Trinajstić information content (AvgIpc) is 2.62. The molecule has 7 heteroatoms. The van der Waals surface area contributed by atoms with Gasteiger partial charge in [-0.1, -0.05) is 18.3 Å². The molecular weight excluding hydrogens is 352 g/mol. The number of anilines is 2. The van der Waals surface area contributed by atoms with Crippen LogP contribution in [0.25, 0.3) is 0 Å². The van der Waals surface area contributed by atoms with Gasteiger partial charge < -0.3 is 19.5 Å². The first-order valence-corrected chi connectivity index (χ1v) is 8.44. The van der Waals surface area contributed by atoms with Gasteiger partial charge in [-0.15, -0.1) is 0 Å². The van der Waals surface area contributed by atoms with Crippen molar-refractivity contribution in [3.63, 3.8) is 0 Å². The van der Waals surface area contributed by atoms with Crippen molar-refractivity contribution in [2.24, 2.45) is 0 Å². The van der Waals surface area contributed by atoms with Crippen LogP contribution in [-0.2, 0) is 4.74 Å². The Balaban J connectivity index is 2.16. The number of hydrogen-bond acceptors (Lipinski definition) is 5. The number of nitrogens with zero attached hydrogens (tertiary/aromatic N) is 1. The Morgan fingerprint density at radius 3 is 2.46 bits per heavy atom. The minimum absolute atomic E-state index is 0.360. The summed E-state index contributed by atoms with van der Waals surface area (Å²) in [4.78, 5) is 14.8. The van der Waals surface area contributed by atoms with Gasteiger partial charge in [0.2, 0.25) is 0 Å². The fourth-order valence-corrected chi connectivity index (χ4v) is 2.38. The highest BCUT2D eigenvalue weighted by Crippen LogP contribution is 2.22. The summed E-state index contributed by atoms with van der Waals surface area (Å²) in [6, 6.07) is 14.2. The third kappa shape index (κ3) is 5.72. The van der Waals surface area contributed by atoms with E-state index in [0.717, 1.165) is 5.69 Å². The zero-order valence-electron chi connectivity index (χ0n) is 15.0. The summed E-state index contributed by atoms with van der Waals surface area (Å²) in [7, 11) is 3.18. The first-order valence-electron chi connectivity index (χ1n) is 8.03. The SMILES string of the molecule is COCCN(C(=O)Oc1cccc(NC(C)=S)c1)c1ccc(OC)cc1. The zero-order chi connectivity index (χ0) is 18.9. The van der Waals surface area contributed by atoms with Gasteiger partial charge in [0.15, 0.2) is 0 Å². The molecule has 0 aromatic heterocycles. The molecule has 0 aliphatic rings. The van der Waals surface area contributed by atoms with Gasteiger partial charge >= 0.3 is 6.09 Å². The molecule has 2 aromatic rings. The van der Waals surface area contributed by atoms with E-state index in [4.69, 9.17) is 26.4 Å². The molecule has 0 aliphatic carbocycles. The van der Waals surface area contributed by atoms with E-state index in [1.807, 2.05) is 6.07 Å². The van der Waals surface area contributed by atoms with E-state index in [-0.39, 0.29) is 0 Å². The van der Waals surface area contributed by atoms with E-state index < -0.39 is 6.09 Å². The lowest BCUT2D eigenvalue weighted by Gasteiger charge is -2.22. The summed E-state index contributed by atoms with van der Waals surface area (Å²) < 4.78 is 15.8. The van der Waals surface area contributed by atoms with Crippen LogP contribution in [0.3, 0.4) is 0 Å². The van der Waals surface area contributed by atoms with Gasteiger partial charge in [0.25, 0.3) is 0 Å². The number of thiocarbonyl (C=S) groups is 1. The van der Waals surface area contributed by atoms with Crippen molar-refractivity contribution in [3.8, 4) is 11.5 Å². The molecule has 0 aliphatic heterocycles. The predicted molar refractivity (Wildman–Crippen MR) is 107 cm³/mol. The standard InChI is InChI=1S/C19H22N2O4S/c1-14(26)20-15-5-4-6-18(13-15)25-19(22)21(11-12-23-2)16-7-9-17(24-3)10-8-16/h4-10,13H,11-12H2,1-3H3,(H,20,26). The van der Waals surface area contributed by atoms with Crippen molar-refractivity contribution < 1.29 is 19.0 Å². The quantitative estimate of drug-likeness (QED) is 0.736. The number of ether oxygens (including phenoxy) is 3. The van der Waals surface area contributed by atoms with Gasteiger partial charge in [-0.3, -0.25) is 4.90 Å². The number of nitrogens with one attached hydrogen (secondary N) is 1. The molecule has 0 atom stereocenters. The van der Waals surface area contributed by atoms with Gasteiger partial charge in [0.05, 0.1) is 25.2 Å². The Morgan fingerprint density at radius 2 is 1.85 bits per heavy atom. The van der Waals surface area contributed by atoms with Crippen LogP contribution in [-0.4, -0.2) is 38.5 Å². The largest absolute Gasteiger partial charge is 0.497 e. The second-order valence-electron chi connectivity index (χ2n) is 5.42. The highest BCUT2D eigenvalue weighted by atomic mass is 32.1. The van der Waals surface area contributed by atoms with E-state index >= 15 is 0 Å². The van der Waals surface area contributed by atoms with Crippen LogP contribution < -0.4 is 19.7 Å². The van der Waals surface area contributed by atoms with Gasteiger partial charge in [-0.05, 0) is 43.3 Å². The van der Waals surface area contributed by atoms with Crippen LogP contribution in [0.15, 0.2) is 48.5 Å². The lowest BCUT2D eigenvalue weighted by atomic mass is 10.2. The van der Waals surface area contributed by atoms with E-state index in [1.165, 1.54) is 4.90 Å². The summed E-state index contributed by atoms with van der Waals surface area (Å²) in [5, 5.41) is 3.02. The maximum absolute atomic E-state index is 12.7. The number of amides is 1. The summed E-state index contributed by atoms with van der Waals surface area (Å²) in [6.45, 7) is 2.52. The van der Waals surface area contributed by atoms with Crippen LogP contribution in [0.1, 0.15) is 6.92 Å². The highest BCUT2D eigenvalue weighted by molar-refractivity contribution is 7.80. The Bertz CT molecular complexity index is 749. The molecule has 0 saturated carbocycles. The molecule has 0 unspecified atom stereocenters. The van der Waals surface area contributed by atoms with E-state index in [2.05, 4.69) is 5.32 Å². The minimum Gasteiger partial charge on any atom is -0.497 e. The molecule has 1 N–H and O–H groups in total. The zero-order valence-corrected chi connectivity index (χ0v) is 15.8. The molecule has 0 fully saturated rings. The number of hydrogen-bond donors (Lipinski definition) is 1. The summed E-state index contributed by atoms with van der Waals surface area (Å²) in [6.07, 6.45) is -0.497. The summed E-state index contributed by atoms with van der Waals surface area (Å²) in [5.74, 6) is 1.13. The van der Waals surface area contributed by atoms with Crippen molar-refractivity contribution in [3.05, 3.63) is 48.5 Å². The fraction of sp³-hybridized carbons (Fsp3) is 0.263. The second kappa shape index (κ2) is 9.74. The van der Waals surface area contributed by atoms with Crippen LogP contribution in [0.5, 0.6) is 11.5 Å². The molecule has 0 bridgehead atoms. The lowest BCUT2D eigenvalue weighted by Crippen LogP contribution is -2.36. The molecule has 138 valence electrons. The predicted octanol–water partition coefficient (Wildman–Crippen LogP) is 4.11. The molecule has 26 heavy (non-hydrogen) atoms. The van der Waals surface area contributed by atoms with Gasteiger partial charge in [-0.2, -0.15) is 0 Å². The molecule has 2 rings (SSSR count). The van der Waals surface area contributed by atoms with Crippen LogP contribution >= 0.6 is 12.2 Å². The molecule has 0 heterocycles. The first-order chi connectivity index (χ1) is 12.5. The van der Waals surface area contributed by atoms with E-state index in [1.54, 1.807) is 63.6 Å². The Morgan fingerprint density at radius 1 is 1.12 bits per heavy atom. The Hall–Kier alpha value is -2.64. The number of carbonyl (C=O) groups is 1.